The summed E-state index contributed by atoms with van der Waals surface area (Å²) in [6, 6.07) is 2.57. The molecule has 1 N–H and O–H groups in total. The van der Waals surface area contributed by atoms with Crippen LogP contribution in [-0.2, 0) is 56.6 Å². The van der Waals surface area contributed by atoms with Crippen molar-refractivity contribution in [2.75, 3.05) is 0 Å². The minimum absolute atomic E-state index is 0.831. The van der Waals surface area contributed by atoms with Gasteiger partial charge in [0.15, 0.2) is 0 Å². The quantitative estimate of drug-likeness (QED) is 0.623. The first-order chi connectivity index (χ1) is 9.09. The summed E-state index contributed by atoms with van der Waals surface area (Å²) in [5.41, 5.74) is 7.05. The molecule has 0 atom stereocenters. The minimum atomic E-state index is -0.833. The van der Waals surface area contributed by atoms with E-state index in [-0.39, 0.29) is 0 Å². The molecule has 0 fully saturated rings. The molecule has 0 aliphatic heterocycles. The van der Waals surface area contributed by atoms with Crippen molar-refractivity contribution in [1.29, 1.82) is 0 Å². The normalized spacial score (nSPS) is 16.8. The van der Waals surface area contributed by atoms with Crippen LogP contribution in [0, 0.1) is 0 Å². The third-order valence-corrected chi connectivity index (χ3v) is 7.42. The van der Waals surface area contributed by atoms with Gasteiger partial charge in [0.2, 0.25) is 0 Å². The van der Waals surface area contributed by atoms with Crippen molar-refractivity contribution in [3.8, 4) is 0 Å². The maximum atomic E-state index is 9.00. The predicted octanol–water partition coefficient (Wildman–Crippen LogP) is 2.71. The van der Waals surface area contributed by atoms with Crippen molar-refractivity contribution >= 4 is 9.04 Å². The van der Waals surface area contributed by atoms with E-state index in [1.165, 1.54) is 51.4 Å². The molecule has 0 bridgehead atoms. The van der Waals surface area contributed by atoms with E-state index in [1.54, 1.807) is 22.3 Å². The Labute approximate surface area is 131 Å². The molecule has 0 radical (unpaired) electrons. The van der Waals surface area contributed by atoms with Crippen molar-refractivity contribution in [2.45, 2.75) is 58.3 Å². The number of aryl methyl sites for hydroxylation is 2. The Hall–Kier alpha value is -0.375. The Bertz CT molecular complexity index is 442. The molecular formula is C16H21HgO2. The third-order valence-electron chi connectivity index (χ3n) is 4.10. The molecule has 0 unspecified atom stereocenters. The van der Waals surface area contributed by atoms with E-state index in [4.69, 9.17) is 9.90 Å². The summed E-state index contributed by atoms with van der Waals surface area (Å²) >= 11 is 0.831. The van der Waals surface area contributed by atoms with Crippen molar-refractivity contribution in [3.05, 3.63) is 28.3 Å². The molecular weight excluding hydrogens is 425 g/mol. The van der Waals surface area contributed by atoms with Gasteiger partial charge < -0.3 is 5.11 Å². The first kappa shape index (κ1) is 15.0. The van der Waals surface area contributed by atoms with Gasteiger partial charge in [-0.05, 0) is 0 Å². The summed E-state index contributed by atoms with van der Waals surface area (Å²) in [7, 11) is 0. The number of hydrogen-bond donors (Lipinski definition) is 1. The Morgan fingerprint density at radius 1 is 1.00 bits per heavy atom. The second kappa shape index (κ2) is 6.87. The molecule has 1 aromatic rings. The molecule has 3 heteroatoms. The number of rotatable bonds is 0. The summed E-state index contributed by atoms with van der Waals surface area (Å²) in [6.45, 7) is 1.08. The summed E-state index contributed by atoms with van der Waals surface area (Å²) in [5, 5.41) is 7.42. The topological polar surface area (TPSA) is 37.3 Å². The van der Waals surface area contributed by atoms with Crippen LogP contribution in [0.1, 0.15) is 54.9 Å². The zero-order valence-electron chi connectivity index (χ0n) is 11.8. The number of aliphatic carboxylic acids is 1. The van der Waals surface area contributed by atoms with Crippen LogP contribution in [0.5, 0.6) is 0 Å². The fourth-order valence-electron chi connectivity index (χ4n) is 3.26. The molecule has 2 aliphatic rings. The van der Waals surface area contributed by atoms with Gasteiger partial charge in [0.05, 0.1) is 0 Å². The molecule has 0 saturated carbocycles. The number of carboxylic acids is 1. The van der Waals surface area contributed by atoms with Gasteiger partial charge in [-0.1, -0.05) is 0 Å². The average molecular weight is 446 g/mol. The van der Waals surface area contributed by atoms with Crippen LogP contribution in [0.25, 0.3) is 0 Å². The Balaban J connectivity index is 0.000000297. The van der Waals surface area contributed by atoms with Gasteiger partial charge in [-0.25, -0.2) is 0 Å². The van der Waals surface area contributed by atoms with E-state index in [9.17, 15) is 0 Å². The number of carboxylic acid groups (broad SMARTS) is 1. The second-order valence-corrected chi connectivity index (χ2v) is 8.31. The summed E-state index contributed by atoms with van der Waals surface area (Å²) in [6.07, 6.45) is 11.3. The van der Waals surface area contributed by atoms with E-state index in [0.29, 0.717) is 0 Å². The van der Waals surface area contributed by atoms with E-state index in [2.05, 4.69) is 6.07 Å². The van der Waals surface area contributed by atoms with Crippen LogP contribution in [0.3, 0.4) is 0 Å². The standard InChI is InChI=1S/C14H17.C2H4O2.Hg/c1-2-6-12-10-14-8-4-3-7-13(14)9-11(12)5-1;1-2(3)4;/h9H,1-8H2;1H3,(H,3,4);. The van der Waals surface area contributed by atoms with E-state index in [1.807, 2.05) is 3.07 Å². The molecule has 2 nitrogen and oxygen atoms in total. The van der Waals surface area contributed by atoms with Crippen LogP contribution >= 0.6 is 0 Å². The average Bonchev–Trinajstić information content (AvgIpc) is 2.38. The molecule has 0 amide bonds. The van der Waals surface area contributed by atoms with Gasteiger partial charge in [-0.15, -0.1) is 0 Å². The monoisotopic (exact) mass is 447 g/mol. The number of benzene rings is 1. The summed E-state index contributed by atoms with van der Waals surface area (Å²) < 4.78 is 1.85. The Morgan fingerprint density at radius 2 is 1.37 bits per heavy atom. The first-order valence-electron chi connectivity index (χ1n) is 7.27. The van der Waals surface area contributed by atoms with Crippen molar-refractivity contribution in [2.24, 2.45) is 0 Å². The van der Waals surface area contributed by atoms with Crippen LogP contribution in [0.2, 0.25) is 0 Å². The molecule has 3 rings (SSSR count). The molecule has 0 heterocycles. The summed E-state index contributed by atoms with van der Waals surface area (Å²) in [4.78, 5) is 9.00. The molecule has 0 saturated heterocycles. The first-order valence-corrected chi connectivity index (χ1v) is 10.0. The van der Waals surface area contributed by atoms with Gasteiger partial charge in [0.1, 0.15) is 0 Å². The zero-order valence-corrected chi connectivity index (χ0v) is 17.3. The zero-order chi connectivity index (χ0) is 13.8. The fourth-order valence-corrected chi connectivity index (χ4v) is 6.40. The third kappa shape index (κ3) is 3.81. The maximum absolute atomic E-state index is 9.00. The second-order valence-electron chi connectivity index (χ2n) is 5.56. The Kier molecular flexibility index (Phi) is 5.43. The van der Waals surface area contributed by atoms with E-state index in [0.717, 1.165) is 33.0 Å². The predicted molar refractivity (Wildman–Crippen MR) is 72.7 cm³/mol. The number of fused-ring (bicyclic) bond motifs is 2. The van der Waals surface area contributed by atoms with Gasteiger partial charge >= 0.3 is 109 Å². The van der Waals surface area contributed by atoms with Crippen LogP contribution < -0.4 is 3.07 Å². The number of carbonyl (C=O) groups is 1. The molecule has 99 valence electrons. The Morgan fingerprint density at radius 3 is 1.79 bits per heavy atom. The van der Waals surface area contributed by atoms with Gasteiger partial charge in [0.25, 0.3) is 5.97 Å². The summed E-state index contributed by atoms with van der Waals surface area (Å²) in [5.74, 6) is -0.833. The van der Waals surface area contributed by atoms with Crippen LogP contribution in [0.15, 0.2) is 6.07 Å². The van der Waals surface area contributed by atoms with Gasteiger partial charge in [0, 0.05) is 6.92 Å². The van der Waals surface area contributed by atoms with Gasteiger partial charge in [-0.3, -0.25) is 4.79 Å². The van der Waals surface area contributed by atoms with Gasteiger partial charge in [-0.2, -0.15) is 0 Å². The van der Waals surface area contributed by atoms with Crippen molar-refractivity contribution in [3.63, 3.8) is 0 Å². The van der Waals surface area contributed by atoms with Crippen molar-refractivity contribution < 1.29 is 36.0 Å². The van der Waals surface area contributed by atoms with Crippen LogP contribution in [-0.4, -0.2) is 11.1 Å². The molecule has 1 aromatic carbocycles. The molecule has 0 aromatic heterocycles. The van der Waals surface area contributed by atoms with Crippen LogP contribution in [0.4, 0.5) is 0 Å². The molecule has 0 spiro atoms. The van der Waals surface area contributed by atoms with E-state index < -0.39 is 5.97 Å². The molecule has 2 aliphatic carbocycles. The van der Waals surface area contributed by atoms with Crippen molar-refractivity contribution in [1.82, 2.24) is 0 Å². The van der Waals surface area contributed by atoms with E-state index >= 15 is 0 Å². The molecule has 19 heavy (non-hydrogen) atoms. The fraction of sp³-hybridized carbons (Fsp3) is 0.562. The number of hydrogen-bond acceptors (Lipinski definition) is 1. The SMILES string of the molecule is CC(=O)O.[Hg][c]1c2c(cc3c1CCCC3)CCCC2.